The molecule has 2 aliphatic heterocycles. The maximum absolute atomic E-state index is 10.5. The van der Waals surface area contributed by atoms with Crippen molar-refractivity contribution in [3.63, 3.8) is 0 Å². The number of hydrogen-bond acceptors (Lipinski definition) is 9. The lowest BCUT2D eigenvalue weighted by Crippen LogP contribution is -2.58. The Kier molecular flexibility index (Phi) is 8.30. The second-order valence-corrected chi connectivity index (χ2v) is 11.6. The zero-order chi connectivity index (χ0) is 29.6. The van der Waals surface area contributed by atoms with Gasteiger partial charge in [-0.2, -0.15) is 0 Å². The van der Waals surface area contributed by atoms with Crippen molar-refractivity contribution in [2.45, 2.75) is 81.1 Å². The molecule has 9 heteroatoms. The molecule has 2 aromatic carbocycles. The molecule has 0 bridgehead atoms. The van der Waals surface area contributed by atoms with Crippen molar-refractivity contribution in [1.29, 1.82) is 0 Å². The average Bonchev–Trinajstić information content (AvgIpc) is 3.19. The zero-order valence-electron chi connectivity index (χ0n) is 23.1. The summed E-state index contributed by atoms with van der Waals surface area (Å²) in [6.45, 7) is 5.03. The second kappa shape index (κ2) is 11.5. The van der Waals surface area contributed by atoms with Gasteiger partial charge in [0.15, 0.2) is 0 Å². The van der Waals surface area contributed by atoms with Crippen LogP contribution in [-0.4, -0.2) is 104 Å². The minimum atomic E-state index is -1.48. The number of aliphatic hydroxyl groups is 7. The summed E-state index contributed by atoms with van der Waals surface area (Å²) in [6, 6.07) is 11.8. The van der Waals surface area contributed by atoms with Gasteiger partial charge in [-0.1, -0.05) is 56.6 Å². The highest BCUT2D eigenvalue weighted by Crippen LogP contribution is 2.49. The maximum atomic E-state index is 10.5. The molecule has 3 aliphatic rings. The topological polar surface area (TPSA) is 160 Å². The predicted molar refractivity (Wildman–Crippen MR) is 148 cm³/mol. The summed E-state index contributed by atoms with van der Waals surface area (Å²) >= 11 is 0. The zero-order valence-corrected chi connectivity index (χ0v) is 23.1. The van der Waals surface area contributed by atoms with E-state index in [0.29, 0.717) is 5.56 Å². The van der Waals surface area contributed by atoms with Crippen LogP contribution in [0.25, 0.3) is 11.1 Å². The lowest BCUT2D eigenvalue weighted by atomic mass is 9.81. The molecule has 0 saturated carbocycles. The summed E-state index contributed by atoms with van der Waals surface area (Å²) in [7, 11) is 0. The van der Waals surface area contributed by atoms with E-state index >= 15 is 0 Å². The molecule has 0 amide bonds. The first-order valence-corrected chi connectivity index (χ1v) is 13.7. The molecule has 2 heterocycles. The van der Waals surface area contributed by atoms with E-state index < -0.39 is 67.5 Å². The molecule has 2 fully saturated rings. The van der Waals surface area contributed by atoms with E-state index in [1.165, 1.54) is 0 Å². The van der Waals surface area contributed by atoms with E-state index in [9.17, 15) is 35.7 Å². The average molecular weight is 565 g/mol. The normalized spacial score (nSPS) is 35.4. The van der Waals surface area contributed by atoms with Crippen molar-refractivity contribution in [2.75, 3.05) is 13.2 Å². The van der Waals surface area contributed by atoms with Gasteiger partial charge in [-0.3, -0.25) is 0 Å². The van der Waals surface area contributed by atoms with Crippen molar-refractivity contribution >= 4 is 0 Å². The molecule has 10 atom stereocenters. The molecule has 0 spiro atoms. The van der Waals surface area contributed by atoms with Gasteiger partial charge in [0.2, 0.25) is 0 Å². The van der Waals surface area contributed by atoms with Gasteiger partial charge >= 0.3 is 0 Å². The quantitative estimate of drug-likeness (QED) is 0.242. The van der Waals surface area contributed by atoms with E-state index in [2.05, 4.69) is 37.5 Å². The Morgan fingerprint density at radius 3 is 1.61 bits per heavy atom. The van der Waals surface area contributed by atoms with Crippen molar-refractivity contribution in [2.24, 2.45) is 5.92 Å². The van der Waals surface area contributed by atoms with E-state index in [0.717, 1.165) is 27.8 Å². The molecule has 218 valence electrons. The Bertz CT molecular complexity index is 1300. The molecule has 5 rings (SSSR count). The van der Waals surface area contributed by atoms with Crippen LogP contribution < -0.4 is 0 Å². The molecule has 1 aliphatic carbocycles. The van der Waals surface area contributed by atoms with Crippen LogP contribution in [0.5, 0.6) is 0 Å². The monoisotopic (exact) mass is 564 g/mol. The minimum absolute atomic E-state index is 0.364. The molecule has 41 heavy (non-hydrogen) atoms. The van der Waals surface area contributed by atoms with E-state index in [1.54, 1.807) is 6.92 Å². The van der Waals surface area contributed by atoms with Crippen LogP contribution in [0.1, 0.15) is 43.0 Å². The van der Waals surface area contributed by atoms with Gasteiger partial charge in [-0.05, 0) is 46.5 Å². The van der Waals surface area contributed by atoms with Gasteiger partial charge in [0.05, 0.1) is 25.4 Å². The Balaban J connectivity index is 1.39. The largest absolute Gasteiger partial charge is 0.394 e. The third-order valence-corrected chi connectivity index (χ3v) is 8.56. The third-order valence-electron chi connectivity index (χ3n) is 8.56. The van der Waals surface area contributed by atoms with Crippen LogP contribution >= 0.6 is 0 Å². The molecule has 0 radical (unpaired) electrons. The van der Waals surface area contributed by atoms with Crippen LogP contribution in [0, 0.1) is 29.6 Å². The highest BCUT2D eigenvalue weighted by molar-refractivity contribution is 5.82. The van der Waals surface area contributed by atoms with E-state index in [1.807, 2.05) is 36.4 Å². The Hall–Kier alpha value is -2.80. The minimum Gasteiger partial charge on any atom is -0.394 e. The number of hydrogen-bond donors (Lipinski definition) is 7. The summed E-state index contributed by atoms with van der Waals surface area (Å²) in [4.78, 5) is 0. The van der Waals surface area contributed by atoms with Crippen LogP contribution in [0.15, 0.2) is 36.4 Å². The van der Waals surface area contributed by atoms with Crippen molar-refractivity contribution in [1.82, 2.24) is 0 Å². The number of rotatable bonds is 2. The smallest absolute Gasteiger partial charge is 0.147 e. The fourth-order valence-electron chi connectivity index (χ4n) is 5.86. The second-order valence-electron chi connectivity index (χ2n) is 11.6. The fourth-order valence-corrected chi connectivity index (χ4v) is 5.86. The van der Waals surface area contributed by atoms with Gasteiger partial charge in [0.1, 0.15) is 42.7 Å². The van der Waals surface area contributed by atoms with Crippen LogP contribution in [-0.2, 0) is 14.9 Å². The van der Waals surface area contributed by atoms with Crippen molar-refractivity contribution in [3.05, 3.63) is 58.7 Å². The number of fused-ring (bicyclic) bond motifs is 3. The van der Waals surface area contributed by atoms with Gasteiger partial charge in [-0.25, -0.2) is 0 Å². The predicted octanol–water partition coefficient (Wildman–Crippen LogP) is -0.344. The molecule has 7 N–H and O–H groups in total. The Morgan fingerprint density at radius 2 is 1.12 bits per heavy atom. The molecule has 2 aromatic rings. The molecular weight excluding hydrogens is 528 g/mol. The summed E-state index contributed by atoms with van der Waals surface area (Å²) < 4.78 is 11.1. The highest BCUT2D eigenvalue weighted by Gasteiger charge is 2.43. The van der Waals surface area contributed by atoms with Gasteiger partial charge < -0.3 is 45.2 Å². The molecule has 0 aromatic heterocycles. The summed E-state index contributed by atoms with van der Waals surface area (Å²) in [5.74, 6) is 11.4. The van der Waals surface area contributed by atoms with Crippen molar-refractivity contribution < 1.29 is 45.2 Å². The standard InChI is InChI=1S/C32H36O9/c1-16-27(35)23(40-25(14-33)28(16)36)10-6-17-4-8-19-20-9-5-18(13-22(20)32(2,3)21(19)12-17)7-11-24-29(37)31(39)30(38)26(15-34)41-24/h4-5,8-9,12-13,16,23-31,33-39H,14-15H2,1-3H3/t16-,23-,24-,25-,26-,27+,28+,29-,30-,31-/m1/s1. The number of ether oxygens (including phenoxy) is 2. The first-order valence-electron chi connectivity index (χ1n) is 13.7. The summed E-state index contributed by atoms with van der Waals surface area (Å²) in [6.07, 6.45) is -10.0. The Morgan fingerprint density at radius 1 is 0.659 bits per heavy atom. The van der Waals surface area contributed by atoms with Gasteiger partial charge in [0, 0.05) is 22.5 Å². The van der Waals surface area contributed by atoms with E-state index in [4.69, 9.17) is 9.47 Å². The van der Waals surface area contributed by atoms with Crippen LogP contribution in [0.4, 0.5) is 0 Å². The molecule has 2 saturated heterocycles. The highest BCUT2D eigenvalue weighted by atomic mass is 16.5. The molecule has 0 unspecified atom stereocenters. The molecule has 9 nitrogen and oxygen atoms in total. The fraction of sp³-hybridized carbons (Fsp3) is 0.500. The summed E-state index contributed by atoms with van der Waals surface area (Å²) in [5.41, 5.74) is 5.28. The van der Waals surface area contributed by atoms with Crippen LogP contribution in [0.3, 0.4) is 0 Å². The summed E-state index contributed by atoms with van der Waals surface area (Å²) in [5, 5.41) is 70.0. The van der Waals surface area contributed by atoms with Crippen LogP contribution in [0.2, 0.25) is 0 Å². The van der Waals surface area contributed by atoms with E-state index in [-0.39, 0.29) is 12.0 Å². The Labute approximate surface area is 239 Å². The van der Waals surface area contributed by atoms with Gasteiger partial charge in [0.25, 0.3) is 0 Å². The molecular formula is C32H36O9. The first kappa shape index (κ1) is 29.7. The lowest BCUT2D eigenvalue weighted by Gasteiger charge is -2.39. The maximum Gasteiger partial charge on any atom is 0.147 e. The third kappa shape index (κ3) is 5.31. The SMILES string of the molecule is C[C@@H]1[C@H](O)[C@@H](C#Cc2ccc3c(c2)C(C)(C)c2cc(C#C[C@H]4O[C@H](CO)[C@@H](O)[C@H](O)[C@@H]4O)ccc2-3)O[C@H](CO)[C@H]1O. The number of benzene rings is 2. The number of aliphatic hydroxyl groups excluding tert-OH is 7. The first-order chi connectivity index (χ1) is 19.5. The van der Waals surface area contributed by atoms with Crippen molar-refractivity contribution in [3.8, 4) is 34.8 Å². The lowest BCUT2D eigenvalue weighted by molar-refractivity contribution is -0.214. The van der Waals surface area contributed by atoms with Gasteiger partial charge in [-0.15, -0.1) is 0 Å².